The Morgan fingerprint density at radius 1 is 0.833 bits per heavy atom. The number of carbonyl (C=O) groups excluding carboxylic acids is 4. The number of fused-ring (bicyclic) bond motifs is 1. The van der Waals surface area contributed by atoms with Crippen LogP contribution in [0.3, 0.4) is 0 Å². The van der Waals surface area contributed by atoms with Crippen molar-refractivity contribution in [2.75, 3.05) is 11.5 Å². The summed E-state index contributed by atoms with van der Waals surface area (Å²) < 4.78 is 18.2. The summed E-state index contributed by atoms with van der Waals surface area (Å²) in [6, 6.07) is 21.1. The van der Waals surface area contributed by atoms with Gasteiger partial charge in [-0.25, -0.2) is 9.18 Å². The van der Waals surface area contributed by atoms with E-state index in [9.17, 15) is 23.6 Å². The number of benzene rings is 3. The summed E-state index contributed by atoms with van der Waals surface area (Å²) in [5.41, 5.74) is 1.84. The number of rotatable bonds is 6. The number of carbonyl (C=O) groups is 4. The molecule has 1 aliphatic heterocycles. The molecular weight excluding hydrogens is 461 g/mol. The summed E-state index contributed by atoms with van der Waals surface area (Å²) in [4.78, 5) is 52.5. The first kappa shape index (κ1) is 23.6. The maximum absolute atomic E-state index is 13.3. The zero-order valence-electron chi connectivity index (χ0n) is 19.4. The van der Waals surface area contributed by atoms with Crippen LogP contribution in [0.4, 0.5) is 10.1 Å². The monoisotopic (exact) mass is 485 g/mol. The Labute approximate surface area is 207 Å². The van der Waals surface area contributed by atoms with Crippen LogP contribution in [0.5, 0.6) is 0 Å². The van der Waals surface area contributed by atoms with E-state index < -0.39 is 24.2 Å². The first-order valence-corrected chi connectivity index (χ1v) is 11.9. The molecule has 2 fully saturated rings. The fourth-order valence-electron chi connectivity index (χ4n) is 5.17. The fourth-order valence-corrected chi connectivity index (χ4v) is 5.17. The molecule has 0 aromatic heterocycles. The summed E-state index contributed by atoms with van der Waals surface area (Å²) in [6.45, 7) is -0.513. The van der Waals surface area contributed by atoms with Crippen LogP contribution < -0.4 is 4.90 Å². The minimum absolute atomic E-state index is 0.122. The molecule has 6 nitrogen and oxygen atoms in total. The third-order valence-corrected chi connectivity index (χ3v) is 7.04. The lowest BCUT2D eigenvalue weighted by Crippen LogP contribution is -2.31. The Morgan fingerprint density at radius 2 is 1.56 bits per heavy atom. The first-order valence-electron chi connectivity index (χ1n) is 11.9. The van der Waals surface area contributed by atoms with Crippen molar-refractivity contribution >= 4 is 29.3 Å². The molecule has 1 saturated carbocycles. The van der Waals surface area contributed by atoms with E-state index in [1.165, 1.54) is 34.7 Å². The number of ketones is 1. The Balaban J connectivity index is 1.28. The second kappa shape index (κ2) is 9.85. The first-order chi connectivity index (χ1) is 17.4. The van der Waals surface area contributed by atoms with Crippen molar-refractivity contribution in [1.82, 2.24) is 0 Å². The van der Waals surface area contributed by atoms with Crippen molar-refractivity contribution in [1.29, 1.82) is 0 Å². The number of anilines is 1. The highest BCUT2D eigenvalue weighted by molar-refractivity contribution is 6.22. The second-order valence-corrected chi connectivity index (χ2v) is 9.20. The molecule has 1 heterocycles. The average Bonchev–Trinajstić information content (AvgIpc) is 3.17. The number of halogens is 1. The van der Waals surface area contributed by atoms with Gasteiger partial charge in [0.15, 0.2) is 12.4 Å². The SMILES string of the molecule is O=C(COC(=O)c1cccc(N2C(=O)[C@@H]3CC[C@@H](c4ccccc4)C[C@H]3C2=O)c1)c1ccc(F)cc1. The predicted octanol–water partition coefficient (Wildman–Crippen LogP) is 4.94. The van der Waals surface area contributed by atoms with E-state index in [-0.39, 0.29) is 40.7 Å². The highest BCUT2D eigenvalue weighted by Crippen LogP contribution is 2.45. The van der Waals surface area contributed by atoms with E-state index >= 15 is 0 Å². The van der Waals surface area contributed by atoms with Crippen molar-refractivity contribution in [3.05, 3.63) is 101 Å². The van der Waals surface area contributed by atoms with Crippen LogP contribution in [0.2, 0.25) is 0 Å². The van der Waals surface area contributed by atoms with Crippen LogP contribution >= 0.6 is 0 Å². The van der Waals surface area contributed by atoms with Crippen LogP contribution in [-0.4, -0.2) is 30.2 Å². The zero-order chi connectivity index (χ0) is 25.2. The Morgan fingerprint density at radius 3 is 2.31 bits per heavy atom. The van der Waals surface area contributed by atoms with Crippen LogP contribution in [0.15, 0.2) is 78.9 Å². The molecule has 0 N–H and O–H groups in total. The molecule has 0 spiro atoms. The van der Waals surface area contributed by atoms with Crippen LogP contribution in [0, 0.1) is 17.7 Å². The van der Waals surface area contributed by atoms with Gasteiger partial charge in [0.05, 0.1) is 23.1 Å². The van der Waals surface area contributed by atoms with Crippen molar-refractivity contribution in [3.63, 3.8) is 0 Å². The van der Waals surface area contributed by atoms with Crippen LogP contribution in [-0.2, 0) is 14.3 Å². The van der Waals surface area contributed by atoms with Gasteiger partial charge in [0.2, 0.25) is 11.8 Å². The number of hydrogen-bond acceptors (Lipinski definition) is 5. The van der Waals surface area contributed by atoms with Crippen molar-refractivity contribution in [3.8, 4) is 0 Å². The van der Waals surface area contributed by atoms with Gasteiger partial charge in [0, 0.05) is 5.56 Å². The molecule has 5 rings (SSSR count). The topological polar surface area (TPSA) is 80.8 Å². The van der Waals surface area contributed by atoms with Gasteiger partial charge < -0.3 is 4.74 Å². The molecule has 0 bridgehead atoms. The largest absolute Gasteiger partial charge is 0.454 e. The molecule has 2 amide bonds. The fraction of sp³-hybridized carbons (Fsp3) is 0.241. The highest BCUT2D eigenvalue weighted by Gasteiger charge is 2.50. The van der Waals surface area contributed by atoms with E-state index in [0.29, 0.717) is 18.5 Å². The van der Waals surface area contributed by atoms with E-state index in [1.807, 2.05) is 18.2 Å². The molecule has 182 valence electrons. The minimum atomic E-state index is -0.757. The minimum Gasteiger partial charge on any atom is -0.454 e. The van der Waals surface area contributed by atoms with Gasteiger partial charge in [-0.1, -0.05) is 36.4 Å². The van der Waals surface area contributed by atoms with Gasteiger partial charge in [-0.3, -0.25) is 19.3 Å². The number of nitrogens with zero attached hydrogens (tertiary/aromatic N) is 1. The average molecular weight is 486 g/mol. The molecule has 3 aromatic rings. The molecule has 36 heavy (non-hydrogen) atoms. The summed E-state index contributed by atoms with van der Waals surface area (Å²) in [5.74, 6) is -2.71. The van der Waals surface area contributed by atoms with Gasteiger partial charge in [0.25, 0.3) is 0 Å². The van der Waals surface area contributed by atoms with E-state index in [2.05, 4.69) is 12.1 Å². The third kappa shape index (κ3) is 4.56. The Bertz CT molecular complexity index is 1320. The number of amides is 2. The summed E-state index contributed by atoms with van der Waals surface area (Å²) >= 11 is 0. The van der Waals surface area contributed by atoms with Gasteiger partial charge in [-0.05, 0) is 73.2 Å². The maximum Gasteiger partial charge on any atom is 0.338 e. The normalized spacial score (nSPS) is 21.2. The van der Waals surface area contributed by atoms with Gasteiger partial charge >= 0.3 is 5.97 Å². The number of imide groups is 1. The second-order valence-electron chi connectivity index (χ2n) is 9.20. The number of hydrogen-bond donors (Lipinski definition) is 0. The van der Waals surface area contributed by atoms with Crippen LogP contribution in [0.25, 0.3) is 0 Å². The zero-order valence-corrected chi connectivity index (χ0v) is 19.4. The number of Topliss-reactive ketones (excluding diaryl/α,β-unsaturated/α-hetero) is 1. The van der Waals surface area contributed by atoms with E-state index in [0.717, 1.165) is 18.6 Å². The lowest BCUT2D eigenvalue weighted by molar-refractivity contribution is -0.122. The molecule has 1 aliphatic carbocycles. The molecule has 0 unspecified atom stereocenters. The number of esters is 1. The van der Waals surface area contributed by atoms with Crippen molar-refractivity contribution in [2.24, 2.45) is 11.8 Å². The summed E-state index contributed by atoms with van der Waals surface area (Å²) in [7, 11) is 0. The van der Waals surface area contributed by atoms with Gasteiger partial charge in [0.1, 0.15) is 5.82 Å². The number of ether oxygens (including phenoxy) is 1. The lowest BCUT2D eigenvalue weighted by atomic mass is 9.73. The highest BCUT2D eigenvalue weighted by atomic mass is 19.1. The third-order valence-electron chi connectivity index (χ3n) is 7.04. The Hall–Kier alpha value is -4.13. The Kier molecular flexibility index (Phi) is 6.46. The smallest absolute Gasteiger partial charge is 0.338 e. The van der Waals surface area contributed by atoms with E-state index in [1.54, 1.807) is 12.1 Å². The summed E-state index contributed by atoms with van der Waals surface area (Å²) in [6.07, 6.45) is 2.09. The molecule has 1 saturated heterocycles. The standard InChI is InChI=1S/C29H24FNO5/c30-22-12-9-19(10-13-22)26(32)17-36-29(35)21-7-4-8-23(15-21)31-27(33)24-14-11-20(16-25(24)28(31)34)18-5-2-1-3-6-18/h1-10,12-13,15,20,24-25H,11,14,16-17H2/t20-,24-,25-/m1/s1. The molecule has 7 heteroatoms. The quantitative estimate of drug-likeness (QED) is 0.281. The lowest BCUT2D eigenvalue weighted by Gasteiger charge is -2.28. The van der Waals surface area contributed by atoms with Crippen molar-refractivity contribution in [2.45, 2.75) is 25.2 Å². The molecule has 0 radical (unpaired) electrons. The molecule has 3 aromatic carbocycles. The van der Waals surface area contributed by atoms with Gasteiger partial charge in [-0.15, -0.1) is 0 Å². The van der Waals surface area contributed by atoms with Gasteiger partial charge in [-0.2, -0.15) is 0 Å². The van der Waals surface area contributed by atoms with Crippen molar-refractivity contribution < 1.29 is 28.3 Å². The van der Waals surface area contributed by atoms with E-state index in [4.69, 9.17) is 4.74 Å². The maximum atomic E-state index is 13.3. The summed E-state index contributed by atoms with van der Waals surface area (Å²) in [5, 5.41) is 0. The van der Waals surface area contributed by atoms with Crippen LogP contribution in [0.1, 0.15) is 51.5 Å². The molecular formula is C29H24FNO5. The molecule has 3 atom stereocenters. The predicted molar refractivity (Wildman–Crippen MR) is 130 cm³/mol. The molecule has 2 aliphatic rings.